The van der Waals surface area contributed by atoms with Gasteiger partial charge in [0.15, 0.2) is 5.78 Å². The fraction of sp³-hybridized carbons (Fsp3) is 0.467. The molecule has 0 spiro atoms. The van der Waals surface area contributed by atoms with Crippen LogP contribution in [0.2, 0.25) is 0 Å². The Morgan fingerprint density at radius 3 is 2.18 bits per heavy atom. The van der Waals surface area contributed by atoms with Gasteiger partial charge in [-0.1, -0.05) is 30.3 Å². The van der Waals surface area contributed by atoms with E-state index in [1.165, 1.54) is 0 Å². The van der Waals surface area contributed by atoms with E-state index in [0.717, 1.165) is 6.26 Å². The number of carbonyl (C=O) groups excluding carboxylic acids is 2. The topological polar surface area (TPSA) is 89.5 Å². The summed E-state index contributed by atoms with van der Waals surface area (Å²) in [5.41, 5.74) is -0.414. The summed E-state index contributed by atoms with van der Waals surface area (Å²) in [5.74, 6) is -0.961. The first kappa shape index (κ1) is 18.2. The molecule has 22 heavy (non-hydrogen) atoms. The number of hydrogen-bond acceptors (Lipinski definition) is 5. The van der Waals surface area contributed by atoms with Crippen LogP contribution < -0.4 is 5.32 Å². The van der Waals surface area contributed by atoms with E-state index >= 15 is 0 Å². The smallest absolute Gasteiger partial charge is 0.408 e. The molecule has 1 atom stereocenters. The zero-order chi connectivity index (χ0) is 17.0. The Bertz CT molecular complexity index is 632. The Hall–Kier alpha value is -1.89. The van der Waals surface area contributed by atoms with Gasteiger partial charge in [0.1, 0.15) is 21.5 Å². The van der Waals surface area contributed by atoms with Crippen LogP contribution in [0.25, 0.3) is 0 Å². The van der Waals surface area contributed by atoms with Crippen molar-refractivity contribution in [2.24, 2.45) is 0 Å². The number of Topliss-reactive ketones (excluding diaryl/α,β-unsaturated/α-hetero) is 1. The summed E-state index contributed by atoms with van der Waals surface area (Å²) in [5, 5.41) is 2.34. The Morgan fingerprint density at radius 2 is 1.73 bits per heavy atom. The normalized spacial score (nSPS) is 13.3. The lowest BCUT2D eigenvalue weighted by molar-refractivity contribution is 0.0497. The van der Waals surface area contributed by atoms with Crippen molar-refractivity contribution in [1.82, 2.24) is 5.32 Å². The predicted molar refractivity (Wildman–Crippen MR) is 83.6 cm³/mol. The van der Waals surface area contributed by atoms with Crippen molar-refractivity contribution in [3.63, 3.8) is 0 Å². The number of nitrogens with one attached hydrogen (secondary N) is 1. The van der Waals surface area contributed by atoms with Crippen molar-refractivity contribution >= 4 is 21.7 Å². The van der Waals surface area contributed by atoms with Crippen LogP contribution in [0.1, 0.15) is 31.1 Å². The molecule has 1 rings (SSSR count). The highest BCUT2D eigenvalue weighted by atomic mass is 32.2. The summed E-state index contributed by atoms with van der Waals surface area (Å²) < 4.78 is 28.1. The van der Waals surface area contributed by atoms with Gasteiger partial charge in [0.25, 0.3) is 0 Å². The third-order valence-corrected chi connectivity index (χ3v) is 3.47. The number of rotatable bonds is 5. The first-order valence-electron chi connectivity index (χ1n) is 6.74. The molecule has 0 saturated heterocycles. The number of sulfone groups is 1. The highest BCUT2D eigenvalue weighted by Crippen LogP contribution is 2.09. The lowest BCUT2D eigenvalue weighted by atomic mass is 10.1. The highest BCUT2D eigenvalue weighted by molar-refractivity contribution is 7.90. The average molecular weight is 327 g/mol. The molecule has 6 nitrogen and oxygen atoms in total. The maximum Gasteiger partial charge on any atom is 0.408 e. The van der Waals surface area contributed by atoms with E-state index in [-0.39, 0.29) is 0 Å². The first-order chi connectivity index (χ1) is 9.98. The molecule has 0 bridgehead atoms. The van der Waals surface area contributed by atoms with Gasteiger partial charge in [0, 0.05) is 11.8 Å². The number of carbonyl (C=O) groups is 2. The summed E-state index contributed by atoms with van der Waals surface area (Å²) >= 11 is 0. The molecule has 0 heterocycles. The molecule has 0 unspecified atom stereocenters. The zero-order valence-electron chi connectivity index (χ0n) is 13.1. The number of benzene rings is 1. The number of hydrogen-bond donors (Lipinski definition) is 1. The van der Waals surface area contributed by atoms with Crippen LogP contribution in [0.4, 0.5) is 4.79 Å². The minimum Gasteiger partial charge on any atom is -0.444 e. The van der Waals surface area contributed by atoms with Gasteiger partial charge in [-0.3, -0.25) is 4.79 Å². The van der Waals surface area contributed by atoms with Crippen LogP contribution in [0.15, 0.2) is 30.3 Å². The van der Waals surface area contributed by atoms with E-state index in [9.17, 15) is 18.0 Å². The quantitative estimate of drug-likeness (QED) is 0.833. The van der Waals surface area contributed by atoms with Crippen molar-refractivity contribution in [3.8, 4) is 0 Å². The minimum absolute atomic E-state index is 0.326. The molecule has 7 heteroatoms. The number of amides is 1. The Balaban J connectivity index is 2.94. The Kier molecular flexibility index (Phi) is 5.71. The first-order valence-corrected chi connectivity index (χ1v) is 8.80. The molecule has 1 aromatic rings. The van der Waals surface area contributed by atoms with Crippen molar-refractivity contribution in [1.29, 1.82) is 0 Å². The molecular formula is C15H21NO5S. The third-order valence-electron chi connectivity index (χ3n) is 2.54. The average Bonchev–Trinajstić information content (AvgIpc) is 2.34. The molecule has 122 valence electrons. The summed E-state index contributed by atoms with van der Waals surface area (Å²) in [6, 6.07) is 7.01. The van der Waals surface area contributed by atoms with Crippen LogP contribution in [0.3, 0.4) is 0 Å². The molecular weight excluding hydrogens is 306 g/mol. The summed E-state index contributed by atoms with van der Waals surface area (Å²) in [6.45, 7) is 5.03. The fourth-order valence-corrected chi connectivity index (χ4v) is 2.58. The highest BCUT2D eigenvalue weighted by Gasteiger charge is 2.28. The second kappa shape index (κ2) is 6.91. The van der Waals surface area contributed by atoms with Crippen LogP contribution in [0, 0.1) is 0 Å². The van der Waals surface area contributed by atoms with Crippen LogP contribution >= 0.6 is 0 Å². The van der Waals surface area contributed by atoms with E-state index in [0.29, 0.717) is 5.56 Å². The Morgan fingerprint density at radius 1 is 1.18 bits per heavy atom. The predicted octanol–water partition coefficient (Wildman–Crippen LogP) is 1.81. The van der Waals surface area contributed by atoms with Crippen molar-refractivity contribution < 1.29 is 22.7 Å². The summed E-state index contributed by atoms with van der Waals surface area (Å²) in [4.78, 5) is 24.2. The molecule has 0 fully saturated rings. The molecule has 1 aromatic carbocycles. The molecule has 0 radical (unpaired) electrons. The maximum atomic E-state index is 12.4. The molecule has 0 aromatic heterocycles. The lowest BCUT2D eigenvalue weighted by Gasteiger charge is -2.22. The molecule has 0 aliphatic heterocycles. The molecule has 0 aliphatic carbocycles. The van der Waals surface area contributed by atoms with Gasteiger partial charge < -0.3 is 10.1 Å². The largest absolute Gasteiger partial charge is 0.444 e. The standard InChI is InChI=1S/C15H21NO5S/c1-15(2,3)21-14(18)16-12(10-22(4,19)20)13(17)11-8-6-5-7-9-11/h5-9,12H,10H2,1-4H3,(H,16,18)/t12-/m1/s1. The molecule has 1 N–H and O–H groups in total. The van der Waals surface area contributed by atoms with E-state index in [1.54, 1.807) is 51.1 Å². The minimum atomic E-state index is -3.46. The van der Waals surface area contributed by atoms with E-state index < -0.39 is 39.1 Å². The van der Waals surface area contributed by atoms with Gasteiger partial charge in [0.2, 0.25) is 0 Å². The van der Waals surface area contributed by atoms with E-state index in [4.69, 9.17) is 4.74 Å². The van der Waals surface area contributed by atoms with Crippen LogP contribution in [-0.4, -0.2) is 43.9 Å². The van der Waals surface area contributed by atoms with Crippen molar-refractivity contribution in [3.05, 3.63) is 35.9 Å². The van der Waals surface area contributed by atoms with Crippen molar-refractivity contribution in [2.45, 2.75) is 32.4 Å². The maximum absolute atomic E-state index is 12.4. The molecule has 0 aliphatic rings. The molecule has 0 saturated carbocycles. The van der Waals surface area contributed by atoms with Gasteiger partial charge in [-0.2, -0.15) is 0 Å². The monoisotopic (exact) mass is 327 g/mol. The summed E-state index contributed by atoms with van der Waals surface area (Å²) in [6.07, 6.45) is 0.181. The van der Waals surface area contributed by atoms with Gasteiger partial charge in [-0.15, -0.1) is 0 Å². The number of alkyl carbamates (subject to hydrolysis) is 1. The lowest BCUT2D eigenvalue weighted by Crippen LogP contribution is -2.47. The SMILES string of the molecule is CC(C)(C)OC(=O)N[C@H](CS(C)(=O)=O)C(=O)c1ccccc1. The second-order valence-electron chi connectivity index (χ2n) is 6.02. The summed E-state index contributed by atoms with van der Waals surface area (Å²) in [7, 11) is -3.46. The van der Waals surface area contributed by atoms with Gasteiger partial charge in [-0.05, 0) is 20.8 Å². The zero-order valence-corrected chi connectivity index (χ0v) is 13.9. The van der Waals surface area contributed by atoms with E-state index in [2.05, 4.69) is 5.32 Å². The number of ether oxygens (including phenoxy) is 1. The van der Waals surface area contributed by atoms with Crippen molar-refractivity contribution in [2.75, 3.05) is 12.0 Å². The number of ketones is 1. The Labute approximate surface area is 130 Å². The fourth-order valence-electron chi connectivity index (χ4n) is 1.74. The second-order valence-corrected chi connectivity index (χ2v) is 8.21. The third kappa shape index (κ3) is 6.71. The van der Waals surface area contributed by atoms with Gasteiger partial charge in [0.05, 0.1) is 5.75 Å². The molecule has 1 amide bonds. The van der Waals surface area contributed by atoms with E-state index in [1.807, 2.05) is 0 Å². The van der Waals surface area contributed by atoms with Crippen LogP contribution in [-0.2, 0) is 14.6 Å². The van der Waals surface area contributed by atoms with Crippen LogP contribution in [0.5, 0.6) is 0 Å². The van der Waals surface area contributed by atoms with Gasteiger partial charge in [-0.25, -0.2) is 13.2 Å². The van der Waals surface area contributed by atoms with Gasteiger partial charge >= 0.3 is 6.09 Å².